The molecule has 1 heterocycles. The lowest BCUT2D eigenvalue weighted by Crippen LogP contribution is -2.42. The summed E-state index contributed by atoms with van der Waals surface area (Å²) in [5, 5.41) is 2.18. The van der Waals surface area contributed by atoms with Crippen LogP contribution in [-0.4, -0.2) is 37.0 Å². The molecule has 3 rings (SSSR count). The first-order valence-corrected chi connectivity index (χ1v) is 9.50. The zero-order valence-corrected chi connectivity index (χ0v) is 16.2. The minimum atomic E-state index is -0.165. The van der Waals surface area contributed by atoms with E-state index in [-0.39, 0.29) is 30.3 Å². The molecule has 0 unspecified atom stereocenters. The van der Waals surface area contributed by atoms with Crippen LogP contribution < -0.4 is 4.74 Å². The van der Waals surface area contributed by atoms with E-state index in [1.165, 1.54) is 0 Å². The molecule has 5 nitrogen and oxygen atoms in total. The fraction of sp³-hybridized carbons (Fsp3) is 0.455. The molecule has 1 fully saturated rings. The molecule has 0 atom stereocenters. The smallest absolute Gasteiger partial charge is 0.309 e. The highest BCUT2D eigenvalue weighted by Crippen LogP contribution is 2.23. The number of nitrogens with zero attached hydrogens (tertiary/aromatic N) is 1. The number of ether oxygens (including phenoxy) is 2. The number of likely N-dealkylation sites (tertiary alicyclic amines) is 1. The van der Waals surface area contributed by atoms with Crippen molar-refractivity contribution in [1.82, 2.24) is 4.90 Å². The number of hydrogen-bond donors (Lipinski definition) is 0. The quantitative estimate of drug-likeness (QED) is 0.753. The Morgan fingerprint density at radius 3 is 2.41 bits per heavy atom. The first-order chi connectivity index (χ1) is 13.0. The van der Waals surface area contributed by atoms with Crippen molar-refractivity contribution in [2.24, 2.45) is 11.8 Å². The first kappa shape index (κ1) is 19.2. The normalized spacial score (nSPS) is 15.2. The zero-order chi connectivity index (χ0) is 19.4. The summed E-state index contributed by atoms with van der Waals surface area (Å²) >= 11 is 0. The van der Waals surface area contributed by atoms with E-state index in [0.29, 0.717) is 25.9 Å². The topological polar surface area (TPSA) is 55.8 Å². The average molecular weight is 369 g/mol. The molecule has 0 spiro atoms. The van der Waals surface area contributed by atoms with Crippen molar-refractivity contribution < 1.29 is 19.1 Å². The molecule has 2 aromatic rings. The van der Waals surface area contributed by atoms with Crippen LogP contribution in [0.4, 0.5) is 0 Å². The van der Waals surface area contributed by atoms with Gasteiger partial charge in [-0.15, -0.1) is 0 Å². The number of benzene rings is 2. The van der Waals surface area contributed by atoms with Crippen molar-refractivity contribution >= 4 is 22.6 Å². The summed E-state index contributed by atoms with van der Waals surface area (Å²) in [5.41, 5.74) is 0.966. The minimum absolute atomic E-state index is 0.00127. The number of hydrogen-bond acceptors (Lipinski definition) is 4. The van der Waals surface area contributed by atoms with Gasteiger partial charge in [-0.05, 0) is 47.4 Å². The van der Waals surface area contributed by atoms with Gasteiger partial charge < -0.3 is 14.4 Å². The van der Waals surface area contributed by atoms with Crippen LogP contribution in [0.1, 0.15) is 32.3 Å². The summed E-state index contributed by atoms with van der Waals surface area (Å²) in [7, 11) is 1.65. The van der Waals surface area contributed by atoms with Gasteiger partial charge in [-0.1, -0.05) is 32.0 Å². The maximum absolute atomic E-state index is 12.4. The summed E-state index contributed by atoms with van der Waals surface area (Å²) in [6.45, 7) is 5.35. The fourth-order valence-electron chi connectivity index (χ4n) is 3.46. The predicted octanol–water partition coefficient (Wildman–Crippen LogP) is 3.79. The van der Waals surface area contributed by atoms with Crippen LogP contribution in [0.25, 0.3) is 10.8 Å². The number of carbonyl (C=O) groups excluding carboxylic acids is 2. The van der Waals surface area contributed by atoms with Gasteiger partial charge in [0.05, 0.1) is 13.0 Å². The van der Waals surface area contributed by atoms with Crippen LogP contribution in [0, 0.1) is 11.8 Å². The van der Waals surface area contributed by atoms with E-state index in [4.69, 9.17) is 9.47 Å². The Labute approximate surface area is 160 Å². The Hall–Kier alpha value is -2.56. The Kier molecular flexibility index (Phi) is 5.99. The number of amides is 1. The molecule has 27 heavy (non-hydrogen) atoms. The van der Waals surface area contributed by atoms with E-state index < -0.39 is 0 Å². The van der Waals surface area contributed by atoms with Gasteiger partial charge in [0, 0.05) is 19.0 Å². The maximum atomic E-state index is 12.4. The Morgan fingerprint density at radius 2 is 1.74 bits per heavy atom. The molecule has 0 bridgehead atoms. The molecule has 0 N–H and O–H groups in total. The third-order valence-corrected chi connectivity index (χ3v) is 5.13. The van der Waals surface area contributed by atoms with E-state index >= 15 is 0 Å². The van der Waals surface area contributed by atoms with Crippen LogP contribution in [0.5, 0.6) is 5.75 Å². The van der Waals surface area contributed by atoms with Crippen LogP contribution in [0.15, 0.2) is 36.4 Å². The lowest BCUT2D eigenvalue weighted by Gasteiger charge is -2.32. The predicted molar refractivity (Wildman–Crippen MR) is 104 cm³/mol. The van der Waals surface area contributed by atoms with Crippen LogP contribution >= 0.6 is 0 Å². The van der Waals surface area contributed by atoms with E-state index in [1.807, 2.05) is 55.1 Å². The molecule has 1 amide bonds. The average Bonchev–Trinajstić information content (AvgIpc) is 2.70. The molecule has 1 saturated heterocycles. The minimum Gasteiger partial charge on any atom is -0.497 e. The van der Waals surface area contributed by atoms with Crippen molar-refractivity contribution in [1.29, 1.82) is 0 Å². The Bertz CT molecular complexity index is 822. The number of methoxy groups -OCH3 is 1. The number of rotatable bonds is 5. The summed E-state index contributed by atoms with van der Waals surface area (Å²) < 4.78 is 10.8. The van der Waals surface area contributed by atoms with Crippen LogP contribution in [0.2, 0.25) is 0 Å². The third kappa shape index (κ3) is 4.59. The SMILES string of the molecule is COc1ccc2cc(COC(=O)C3CCN(C(=O)C(C)C)CC3)ccc2c1. The molecule has 1 aliphatic rings. The second kappa shape index (κ2) is 8.42. The molecule has 0 aliphatic carbocycles. The lowest BCUT2D eigenvalue weighted by atomic mass is 9.96. The lowest BCUT2D eigenvalue weighted by molar-refractivity contribution is -0.153. The largest absolute Gasteiger partial charge is 0.497 e. The monoisotopic (exact) mass is 369 g/mol. The molecular formula is C22H27NO4. The highest BCUT2D eigenvalue weighted by molar-refractivity contribution is 5.84. The van der Waals surface area contributed by atoms with Crippen LogP contribution in [0.3, 0.4) is 0 Å². The van der Waals surface area contributed by atoms with Gasteiger partial charge in [0.15, 0.2) is 0 Å². The summed E-state index contributed by atoms with van der Waals surface area (Å²) in [6.07, 6.45) is 1.35. The summed E-state index contributed by atoms with van der Waals surface area (Å²) in [4.78, 5) is 26.3. The second-order valence-corrected chi connectivity index (χ2v) is 7.41. The zero-order valence-electron chi connectivity index (χ0n) is 16.2. The maximum Gasteiger partial charge on any atom is 0.309 e. The molecule has 144 valence electrons. The molecule has 2 aromatic carbocycles. The van der Waals surface area contributed by atoms with Crippen molar-refractivity contribution in [3.05, 3.63) is 42.0 Å². The molecule has 0 saturated carbocycles. The van der Waals surface area contributed by atoms with E-state index in [9.17, 15) is 9.59 Å². The Morgan fingerprint density at radius 1 is 1.07 bits per heavy atom. The van der Waals surface area contributed by atoms with Gasteiger partial charge in [0.25, 0.3) is 0 Å². The van der Waals surface area contributed by atoms with Crippen molar-refractivity contribution in [3.8, 4) is 5.75 Å². The van der Waals surface area contributed by atoms with Gasteiger partial charge in [-0.3, -0.25) is 9.59 Å². The van der Waals surface area contributed by atoms with E-state index in [2.05, 4.69) is 0 Å². The summed E-state index contributed by atoms with van der Waals surface area (Å²) in [5.74, 6) is 0.701. The number of carbonyl (C=O) groups is 2. The highest BCUT2D eigenvalue weighted by atomic mass is 16.5. The van der Waals surface area contributed by atoms with Gasteiger partial charge >= 0.3 is 5.97 Å². The number of piperidine rings is 1. The van der Waals surface area contributed by atoms with Gasteiger partial charge in [0.1, 0.15) is 12.4 Å². The highest BCUT2D eigenvalue weighted by Gasteiger charge is 2.29. The van der Waals surface area contributed by atoms with Crippen molar-refractivity contribution in [2.75, 3.05) is 20.2 Å². The van der Waals surface area contributed by atoms with E-state index in [1.54, 1.807) is 7.11 Å². The first-order valence-electron chi connectivity index (χ1n) is 9.50. The summed E-state index contributed by atoms with van der Waals surface area (Å²) in [6, 6.07) is 11.9. The molecular weight excluding hydrogens is 342 g/mol. The third-order valence-electron chi connectivity index (χ3n) is 5.13. The van der Waals surface area contributed by atoms with Gasteiger partial charge in [-0.2, -0.15) is 0 Å². The number of fused-ring (bicyclic) bond motifs is 1. The Balaban J connectivity index is 1.53. The van der Waals surface area contributed by atoms with Crippen molar-refractivity contribution in [3.63, 3.8) is 0 Å². The number of esters is 1. The molecule has 0 radical (unpaired) electrons. The standard InChI is InChI=1S/C22H27NO4/c1-15(2)21(24)23-10-8-17(9-11-23)22(25)27-14-16-4-5-19-13-20(26-3)7-6-18(19)12-16/h4-7,12-13,15,17H,8-11,14H2,1-3H3. The molecule has 1 aliphatic heterocycles. The molecule has 5 heteroatoms. The molecule has 0 aromatic heterocycles. The van der Waals surface area contributed by atoms with Gasteiger partial charge in [-0.25, -0.2) is 0 Å². The van der Waals surface area contributed by atoms with E-state index in [0.717, 1.165) is 22.1 Å². The van der Waals surface area contributed by atoms with Crippen LogP contribution in [-0.2, 0) is 20.9 Å². The second-order valence-electron chi connectivity index (χ2n) is 7.41. The van der Waals surface area contributed by atoms with Gasteiger partial charge in [0.2, 0.25) is 5.91 Å². The fourth-order valence-corrected chi connectivity index (χ4v) is 3.46. The van der Waals surface area contributed by atoms with Crippen molar-refractivity contribution in [2.45, 2.75) is 33.3 Å².